The quantitative estimate of drug-likeness (QED) is 0.824. The average molecular weight is 298 g/mol. The van der Waals surface area contributed by atoms with E-state index in [1.165, 1.54) is 11.8 Å². The molecule has 0 radical (unpaired) electrons. The predicted octanol–water partition coefficient (Wildman–Crippen LogP) is 3.68. The summed E-state index contributed by atoms with van der Waals surface area (Å²) < 4.78 is 5.32. The van der Waals surface area contributed by atoms with Crippen molar-refractivity contribution in [2.45, 2.75) is 36.9 Å². The molecule has 0 fully saturated rings. The maximum Gasteiger partial charge on any atom is 0.281 e. The van der Waals surface area contributed by atoms with Crippen LogP contribution in [0.5, 0.6) is 0 Å². The highest BCUT2D eigenvalue weighted by molar-refractivity contribution is 7.99. The molecular formula is C13H16ClN3OS. The van der Waals surface area contributed by atoms with Crippen LogP contribution in [0, 0.1) is 6.92 Å². The Labute approximate surface area is 121 Å². The van der Waals surface area contributed by atoms with Crippen molar-refractivity contribution >= 4 is 23.4 Å². The molecule has 1 heterocycles. The molecule has 1 N–H and O–H groups in total. The molecule has 0 saturated heterocycles. The molecule has 0 atom stereocenters. The first kappa shape index (κ1) is 14.4. The zero-order chi connectivity index (χ0) is 13.7. The van der Waals surface area contributed by atoms with Gasteiger partial charge in [-0.3, -0.25) is 0 Å². The molecule has 1 aromatic heterocycles. The van der Waals surface area contributed by atoms with Crippen molar-refractivity contribution in [3.05, 3.63) is 34.7 Å². The van der Waals surface area contributed by atoms with Gasteiger partial charge in [0, 0.05) is 23.4 Å². The van der Waals surface area contributed by atoms with Gasteiger partial charge in [-0.05, 0) is 42.4 Å². The van der Waals surface area contributed by atoms with Crippen LogP contribution in [0.15, 0.2) is 32.7 Å². The van der Waals surface area contributed by atoms with Gasteiger partial charge in [0.25, 0.3) is 5.22 Å². The van der Waals surface area contributed by atoms with E-state index in [-0.39, 0.29) is 0 Å². The molecule has 0 aliphatic rings. The standard InChI is InChI=1S/C13H16ClN3OS/c1-3-6-15-8-10-4-5-11(7-12(10)14)19-13-17-16-9(2)18-13/h4-5,7,15H,3,6,8H2,1-2H3. The third-order valence-electron chi connectivity index (χ3n) is 2.48. The molecule has 1 aromatic carbocycles. The Kier molecular flexibility index (Phi) is 5.24. The summed E-state index contributed by atoms with van der Waals surface area (Å²) in [5.74, 6) is 0.564. The van der Waals surface area contributed by atoms with Crippen LogP contribution in [0.1, 0.15) is 24.8 Å². The van der Waals surface area contributed by atoms with Crippen LogP contribution >= 0.6 is 23.4 Å². The summed E-state index contributed by atoms with van der Waals surface area (Å²) in [6.07, 6.45) is 1.11. The minimum Gasteiger partial charge on any atom is -0.416 e. The van der Waals surface area contributed by atoms with Gasteiger partial charge in [-0.15, -0.1) is 10.2 Å². The lowest BCUT2D eigenvalue weighted by Crippen LogP contribution is -2.13. The molecule has 2 rings (SSSR count). The number of nitrogens with zero attached hydrogens (tertiary/aromatic N) is 2. The largest absolute Gasteiger partial charge is 0.416 e. The Morgan fingerprint density at radius 2 is 2.21 bits per heavy atom. The van der Waals surface area contributed by atoms with Gasteiger partial charge in [-0.1, -0.05) is 24.6 Å². The van der Waals surface area contributed by atoms with Crippen LogP contribution in [-0.4, -0.2) is 16.7 Å². The van der Waals surface area contributed by atoms with Crippen molar-refractivity contribution in [3.63, 3.8) is 0 Å². The van der Waals surface area contributed by atoms with Crippen molar-refractivity contribution in [1.29, 1.82) is 0 Å². The monoisotopic (exact) mass is 297 g/mol. The zero-order valence-electron chi connectivity index (χ0n) is 10.9. The van der Waals surface area contributed by atoms with Gasteiger partial charge in [0.1, 0.15) is 0 Å². The molecule has 0 spiro atoms. The Balaban J connectivity index is 2.01. The summed E-state index contributed by atoms with van der Waals surface area (Å²) in [4.78, 5) is 0.993. The Bertz CT molecular complexity index is 544. The molecule has 102 valence electrons. The molecule has 0 unspecified atom stereocenters. The zero-order valence-corrected chi connectivity index (χ0v) is 12.5. The molecular weight excluding hydrogens is 282 g/mol. The second kappa shape index (κ2) is 6.93. The van der Waals surface area contributed by atoms with Crippen molar-refractivity contribution in [2.24, 2.45) is 0 Å². The maximum absolute atomic E-state index is 6.26. The molecule has 0 aliphatic heterocycles. The highest BCUT2D eigenvalue weighted by Crippen LogP contribution is 2.29. The van der Waals surface area contributed by atoms with E-state index in [1.54, 1.807) is 6.92 Å². The minimum absolute atomic E-state index is 0.533. The fraction of sp³-hybridized carbons (Fsp3) is 0.385. The molecule has 6 heteroatoms. The van der Waals surface area contributed by atoms with Crippen molar-refractivity contribution in [1.82, 2.24) is 15.5 Å². The maximum atomic E-state index is 6.26. The predicted molar refractivity (Wildman–Crippen MR) is 76.6 cm³/mol. The van der Waals surface area contributed by atoms with Gasteiger partial charge in [-0.2, -0.15) is 0 Å². The van der Waals surface area contributed by atoms with E-state index in [9.17, 15) is 0 Å². The van der Waals surface area contributed by atoms with Crippen molar-refractivity contribution < 1.29 is 4.42 Å². The number of aryl methyl sites for hydroxylation is 1. The molecule has 2 aromatic rings. The number of benzene rings is 1. The van der Waals surface area contributed by atoms with E-state index in [4.69, 9.17) is 16.0 Å². The molecule has 0 amide bonds. The van der Waals surface area contributed by atoms with E-state index in [0.29, 0.717) is 11.1 Å². The molecule has 19 heavy (non-hydrogen) atoms. The number of halogens is 1. The van der Waals surface area contributed by atoms with Crippen molar-refractivity contribution in [2.75, 3.05) is 6.54 Å². The lowest BCUT2D eigenvalue weighted by atomic mass is 10.2. The Hall–Kier alpha value is -1.04. The first-order chi connectivity index (χ1) is 9.19. The van der Waals surface area contributed by atoms with Gasteiger partial charge in [0.05, 0.1) is 0 Å². The van der Waals surface area contributed by atoms with Crippen LogP contribution < -0.4 is 5.32 Å². The second-order valence-corrected chi connectivity index (χ2v) is 5.55. The van der Waals surface area contributed by atoms with Crippen LogP contribution in [0.2, 0.25) is 5.02 Å². The van der Waals surface area contributed by atoms with Gasteiger partial charge in [0.15, 0.2) is 0 Å². The SMILES string of the molecule is CCCNCc1ccc(Sc2nnc(C)o2)cc1Cl. The summed E-state index contributed by atoms with van der Waals surface area (Å²) in [5.41, 5.74) is 1.10. The molecule has 0 bridgehead atoms. The smallest absolute Gasteiger partial charge is 0.281 e. The van der Waals surface area contributed by atoms with Gasteiger partial charge in [-0.25, -0.2) is 0 Å². The Morgan fingerprint density at radius 1 is 1.37 bits per heavy atom. The number of nitrogens with one attached hydrogen (secondary N) is 1. The molecule has 0 saturated carbocycles. The van der Waals surface area contributed by atoms with Crippen molar-refractivity contribution in [3.8, 4) is 0 Å². The number of rotatable bonds is 6. The summed E-state index contributed by atoms with van der Waals surface area (Å²) >= 11 is 7.67. The number of aromatic nitrogens is 2. The van der Waals surface area contributed by atoms with E-state index in [2.05, 4.69) is 22.4 Å². The lowest BCUT2D eigenvalue weighted by Gasteiger charge is -2.07. The average Bonchev–Trinajstić information content (AvgIpc) is 2.78. The topological polar surface area (TPSA) is 51.0 Å². The van der Waals surface area contributed by atoms with E-state index < -0.39 is 0 Å². The fourth-order valence-electron chi connectivity index (χ4n) is 1.56. The van der Waals surface area contributed by atoms with E-state index >= 15 is 0 Å². The molecule has 4 nitrogen and oxygen atoms in total. The fourth-order valence-corrected chi connectivity index (χ4v) is 2.63. The number of hydrogen-bond acceptors (Lipinski definition) is 5. The molecule has 0 aliphatic carbocycles. The minimum atomic E-state index is 0.533. The first-order valence-electron chi connectivity index (χ1n) is 6.16. The third-order valence-corrected chi connectivity index (χ3v) is 3.66. The summed E-state index contributed by atoms with van der Waals surface area (Å²) in [7, 11) is 0. The summed E-state index contributed by atoms with van der Waals surface area (Å²) in [6.45, 7) is 5.69. The summed E-state index contributed by atoms with van der Waals surface area (Å²) in [5, 5.41) is 12.4. The highest BCUT2D eigenvalue weighted by Gasteiger charge is 2.07. The van der Waals surface area contributed by atoms with Gasteiger partial charge < -0.3 is 9.73 Å². The summed E-state index contributed by atoms with van der Waals surface area (Å²) in [6, 6.07) is 5.96. The van der Waals surface area contributed by atoms with Crippen LogP contribution in [-0.2, 0) is 6.54 Å². The Morgan fingerprint density at radius 3 is 2.84 bits per heavy atom. The second-order valence-electron chi connectivity index (χ2n) is 4.12. The van der Waals surface area contributed by atoms with Crippen LogP contribution in [0.25, 0.3) is 0 Å². The van der Waals surface area contributed by atoms with E-state index in [0.717, 1.165) is 35.0 Å². The van der Waals surface area contributed by atoms with Gasteiger partial charge in [0.2, 0.25) is 5.89 Å². The highest BCUT2D eigenvalue weighted by atomic mass is 35.5. The lowest BCUT2D eigenvalue weighted by molar-refractivity contribution is 0.429. The normalized spacial score (nSPS) is 10.9. The van der Waals surface area contributed by atoms with Crippen LogP contribution in [0.4, 0.5) is 0 Å². The third kappa shape index (κ3) is 4.23. The van der Waals surface area contributed by atoms with Gasteiger partial charge >= 0.3 is 0 Å². The van der Waals surface area contributed by atoms with Crippen LogP contribution in [0.3, 0.4) is 0 Å². The number of hydrogen-bond donors (Lipinski definition) is 1. The first-order valence-corrected chi connectivity index (χ1v) is 7.35. The van der Waals surface area contributed by atoms with E-state index in [1.807, 2.05) is 18.2 Å².